The van der Waals surface area contributed by atoms with Gasteiger partial charge in [0.2, 0.25) is 0 Å². The molecular weight excluding hydrogens is 232 g/mol. The monoisotopic (exact) mass is 262 g/mol. The van der Waals surface area contributed by atoms with Crippen LogP contribution in [-0.2, 0) is 0 Å². The van der Waals surface area contributed by atoms with Crippen molar-refractivity contribution in [3.63, 3.8) is 0 Å². The van der Waals surface area contributed by atoms with Crippen LogP contribution in [0.4, 0.5) is 0 Å². The van der Waals surface area contributed by atoms with Gasteiger partial charge in [0.05, 0.1) is 0 Å². The van der Waals surface area contributed by atoms with Crippen molar-refractivity contribution < 1.29 is 0 Å². The van der Waals surface area contributed by atoms with Crippen LogP contribution in [0.3, 0.4) is 0 Å². The smallest absolute Gasteiger partial charge is 0.0126 e. The van der Waals surface area contributed by atoms with Crippen LogP contribution >= 0.6 is 0 Å². The van der Waals surface area contributed by atoms with Gasteiger partial charge in [-0.15, -0.1) is 0 Å². The third-order valence-corrected chi connectivity index (χ3v) is 6.58. The molecule has 2 nitrogen and oxygen atoms in total. The molecule has 4 fully saturated rings. The fourth-order valence-corrected chi connectivity index (χ4v) is 5.52. The Morgan fingerprint density at radius 3 is 2.05 bits per heavy atom. The minimum Gasteiger partial charge on any atom is -0.300 e. The Morgan fingerprint density at radius 2 is 1.42 bits per heavy atom. The first-order valence-electron chi connectivity index (χ1n) is 8.88. The van der Waals surface area contributed by atoms with E-state index >= 15 is 0 Å². The molecular formula is C17H30N2. The number of fused-ring (bicyclic) bond motifs is 2. The summed E-state index contributed by atoms with van der Waals surface area (Å²) >= 11 is 0. The zero-order valence-electron chi connectivity index (χ0n) is 12.4. The molecule has 0 N–H and O–H groups in total. The van der Waals surface area contributed by atoms with Crippen LogP contribution < -0.4 is 0 Å². The predicted molar refractivity (Wildman–Crippen MR) is 79.3 cm³/mol. The second-order valence-corrected chi connectivity index (χ2v) is 7.61. The maximum absolute atomic E-state index is 2.88. The van der Waals surface area contributed by atoms with E-state index in [9.17, 15) is 0 Å². The molecule has 0 amide bonds. The fraction of sp³-hybridized carbons (Fsp3) is 1.00. The van der Waals surface area contributed by atoms with Crippen LogP contribution in [-0.4, -0.2) is 48.1 Å². The molecule has 2 saturated carbocycles. The molecule has 2 aliphatic carbocycles. The quantitative estimate of drug-likeness (QED) is 0.754. The van der Waals surface area contributed by atoms with Crippen LogP contribution in [0.2, 0.25) is 0 Å². The van der Waals surface area contributed by atoms with E-state index in [4.69, 9.17) is 0 Å². The van der Waals surface area contributed by atoms with E-state index in [-0.39, 0.29) is 0 Å². The highest BCUT2D eigenvalue weighted by Crippen LogP contribution is 2.47. The minimum absolute atomic E-state index is 0.926. The molecule has 0 unspecified atom stereocenters. The van der Waals surface area contributed by atoms with Crippen molar-refractivity contribution in [1.82, 2.24) is 9.80 Å². The lowest BCUT2D eigenvalue weighted by Gasteiger charge is -2.43. The number of hydrogen-bond acceptors (Lipinski definition) is 2. The van der Waals surface area contributed by atoms with Gasteiger partial charge in [-0.3, -0.25) is 4.90 Å². The lowest BCUT2D eigenvalue weighted by atomic mass is 9.91. The molecule has 4 aliphatic rings. The van der Waals surface area contributed by atoms with Crippen molar-refractivity contribution in [3.8, 4) is 0 Å². The molecule has 0 radical (unpaired) electrons. The molecule has 0 spiro atoms. The lowest BCUT2D eigenvalue weighted by molar-refractivity contribution is 0.0562. The van der Waals surface area contributed by atoms with Gasteiger partial charge in [-0.1, -0.05) is 12.8 Å². The second-order valence-electron chi connectivity index (χ2n) is 7.61. The van der Waals surface area contributed by atoms with E-state index in [0.717, 1.165) is 23.9 Å². The van der Waals surface area contributed by atoms with E-state index in [1.54, 1.807) is 25.7 Å². The highest BCUT2D eigenvalue weighted by atomic mass is 15.2. The third kappa shape index (κ3) is 2.47. The van der Waals surface area contributed by atoms with E-state index in [0.29, 0.717) is 0 Å². The standard InChI is InChI=1S/C17H30N2/c1-2-8-18(9-3-1)16-6-10-19(11-7-16)17-13-14-4-5-15(17)12-14/h14-17H,1-13H2/t14-,15+,17-/m1/s1. The molecule has 0 aromatic rings. The summed E-state index contributed by atoms with van der Waals surface area (Å²) in [6.07, 6.45) is 13.5. The van der Waals surface area contributed by atoms with Crippen LogP contribution in [0.5, 0.6) is 0 Å². The van der Waals surface area contributed by atoms with E-state index < -0.39 is 0 Å². The second kappa shape index (κ2) is 5.37. The lowest BCUT2D eigenvalue weighted by Crippen LogP contribution is -2.50. The topological polar surface area (TPSA) is 6.48 Å². The van der Waals surface area contributed by atoms with Crippen molar-refractivity contribution >= 4 is 0 Å². The Balaban J connectivity index is 1.30. The first-order valence-corrected chi connectivity index (χ1v) is 8.88. The van der Waals surface area contributed by atoms with Crippen molar-refractivity contribution in [2.75, 3.05) is 26.2 Å². The van der Waals surface area contributed by atoms with Gasteiger partial charge >= 0.3 is 0 Å². The zero-order chi connectivity index (χ0) is 12.7. The molecule has 0 aromatic heterocycles. The Hall–Kier alpha value is -0.0800. The summed E-state index contributed by atoms with van der Waals surface area (Å²) < 4.78 is 0. The van der Waals surface area contributed by atoms with Gasteiger partial charge in [-0.25, -0.2) is 0 Å². The van der Waals surface area contributed by atoms with Crippen LogP contribution in [0.15, 0.2) is 0 Å². The Morgan fingerprint density at radius 1 is 0.632 bits per heavy atom. The molecule has 3 atom stereocenters. The molecule has 108 valence electrons. The molecule has 2 aliphatic heterocycles. The fourth-order valence-electron chi connectivity index (χ4n) is 5.52. The summed E-state index contributed by atoms with van der Waals surface area (Å²) in [4.78, 5) is 5.69. The number of nitrogens with zero attached hydrogens (tertiary/aromatic N) is 2. The molecule has 19 heavy (non-hydrogen) atoms. The molecule has 2 bridgehead atoms. The van der Waals surface area contributed by atoms with Crippen molar-refractivity contribution in [1.29, 1.82) is 0 Å². The van der Waals surface area contributed by atoms with Crippen LogP contribution in [0, 0.1) is 11.8 Å². The first kappa shape index (κ1) is 12.6. The first-order chi connectivity index (χ1) is 9.40. The van der Waals surface area contributed by atoms with Gasteiger partial charge in [0.15, 0.2) is 0 Å². The van der Waals surface area contributed by atoms with E-state index in [1.807, 2.05) is 0 Å². The highest BCUT2D eigenvalue weighted by molar-refractivity contribution is 4.97. The summed E-state index contributed by atoms with van der Waals surface area (Å²) in [7, 11) is 0. The minimum atomic E-state index is 0.926. The zero-order valence-corrected chi connectivity index (χ0v) is 12.4. The molecule has 2 heteroatoms. The van der Waals surface area contributed by atoms with Gasteiger partial charge in [0.1, 0.15) is 0 Å². The molecule has 2 saturated heterocycles. The Kier molecular flexibility index (Phi) is 3.57. The van der Waals surface area contributed by atoms with Crippen LogP contribution in [0.25, 0.3) is 0 Å². The average molecular weight is 262 g/mol. The third-order valence-electron chi connectivity index (χ3n) is 6.58. The average Bonchev–Trinajstić information content (AvgIpc) is 3.11. The SMILES string of the molecule is C1CCN(C2CCN([C@@H]3C[C@@H]4CC[C@H]3C4)CC2)CC1. The summed E-state index contributed by atoms with van der Waals surface area (Å²) in [5.41, 5.74) is 0. The predicted octanol–water partition coefficient (Wildman–Crippen LogP) is 3.13. The van der Waals surface area contributed by atoms with Crippen molar-refractivity contribution in [2.45, 2.75) is 69.9 Å². The summed E-state index contributed by atoms with van der Waals surface area (Å²) in [6.45, 7) is 5.57. The van der Waals surface area contributed by atoms with Crippen LogP contribution in [0.1, 0.15) is 57.8 Å². The maximum atomic E-state index is 2.88. The molecule has 0 aromatic carbocycles. The van der Waals surface area contributed by atoms with E-state index in [1.165, 1.54) is 58.3 Å². The summed E-state index contributed by atoms with van der Waals surface area (Å²) in [6, 6.07) is 1.91. The van der Waals surface area contributed by atoms with Crippen molar-refractivity contribution in [3.05, 3.63) is 0 Å². The number of likely N-dealkylation sites (tertiary alicyclic amines) is 2. The van der Waals surface area contributed by atoms with Gasteiger partial charge in [0.25, 0.3) is 0 Å². The number of piperidine rings is 2. The van der Waals surface area contributed by atoms with Gasteiger partial charge < -0.3 is 4.90 Å². The van der Waals surface area contributed by atoms with E-state index in [2.05, 4.69) is 9.80 Å². The normalized spacial score (nSPS) is 42.0. The number of hydrogen-bond donors (Lipinski definition) is 0. The highest BCUT2D eigenvalue weighted by Gasteiger charge is 2.43. The summed E-state index contributed by atoms with van der Waals surface area (Å²) in [5, 5.41) is 0. The van der Waals surface area contributed by atoms with Gasteiger partial charge in [-0.2, -0.15) is 0 Å². The summed E-state index contributed by atoms with van der Waals surface area (Å²) in [5.74, 6) is 2.19. The number of rotatable bonds is 2. The van der Waals surface area contributed by atoms with Gasteiger partial charge in [0, 0.05) is 12.1 Å². The molecule has 4 rings (SSSR count). The largest absolute Gasteiger partial charge is 0.300 e. The molecule has 2 heterocycles. The van der Waals surface area contributed by atoms with Crippen molar-refractivity contribution in [2.24, 2.45) is 11.8 Å². The van der Waals surface area contributed by atoms with Gasteiger partial charge in [-0.05, 0) is 83.0 Å². The Bertz CT molecular complexity index is 302. The maximum Gasteiger partial charge on any atom is 0.0126 e. The Labute approximate surface area is 118 Å².